The lowest BCUT2D eigenvalue weighted by atomic mass is 10.1. The third-order valence-corrected chi connectivity index (χ3v) is 1.66. The zero-order chi connectivity index (χ0) is 12.3. The molecule has 0 saturated carbocycles. The van der Waals surface area contributed by atoms with Crippen LogP contribution in [0.2, 0.25) is 0 Å². The standard InChI is InChI=1S/C9H6F3NO3/c10-9(11,12)7-2-5(4-14)1-6(13-7)3-8(15)16/h1-2,4H,3H2,(H,15,16). The molecular formula is C9H6F3NO3. The average Bonchev–Trinajstić information content (AvgIpc) is 2.14. The Morgan fingerprint density at radius 1 is 1.44 bits per heavy atom. The first-order valence-corrected chi connectivity index (χ1v) is 4.08. The van der Waals surface area contributed by atoms with Gasteiger partial charge in [0.1, 0.15) is 12.0 Å². The Kier molecular flexibility index (Phi) is 3.26. The van der Waals surface area contributed by atoms with Gasteiger partial charge in [-0.05, 0) is 12.1 Å². The van der Waals surface area contributed by atoms with E-state index >= 15 is 0 Å². The van der Waals surface area contributed by atoms with Crippen molar-refractivity contribution in [2.24, 2.45) is 0 Å². The molecule has 86 valence electrons. The van der Waals surface area contributed by atoms with E-state index in [1.807, 2.05) is 0 Å². The van der Waals surface area contributed by atoms with Gasteiger partial charge in [0.2, 0.25) is 0 Å². The molecular weight excluding hydrogens is 227 g/mol. The molecule has 1 heterocycles. The highest BCUT2D eigenvalue weighted by Crippen LogP contribution is 2.28. The molecule has 7 heteroatoms. The van der Waals surface area contributed by atoms with Crippen LogP contribution in [0.4, 0.5) is 13.2 Å². The summed E-state index contributed by atoms with van der Waals surface area (Å²) in [7, 11) is 0. The van der Waals surface area contributed by atoms with Crippen LogP contribution >= 0.6 is 0 Å². The largest absolute Gasteiger partial charge is 0.481 e. The van der Waals surface area contributed by atoms with E-state index < -0.39 is 24.3 Å². The van der Waals surface area contributed by atoms with Gasteiger partial charge >= 0.3 is 12.1 Å². The van der Waals surface area contributed by atoms with Crippen LogP contribution in [0.3, 0.4) is 0 Å². The third kappa shape index (κ3) is 3.04. The van der Waals surface area contributed by atoms with Gasteiger partial charge in [0, 0.05) is 5.56 Å². The summed E-state index contributed by atoms with van der Waals surface area (Å²) in [6, 6.07) is 1.58. The SMILES string of the molecule is O=Cc1cc(CC(=O)O)nc(C(F)(F)F)c1. The molecule has 1 rings (SSSR count). The van der Waals surface area contributed by atoms with Crippen LogP contribution in [-0.4, -0.2) is 22.3 Å². The molecule has 0 atom stereocenters. The van der Waals surface area contributed by atoms with Gasteiger partial charge in [0.25, 0.3) is 0 Å². The van der Waals surface area contributed by atoms with Crippen molar-refractivity contribution in [3.63, 3.8) is 0 Å². The molecule has 0 aromatic carbocycles. The lowest BCUT2D eigenvalue weighted by Gasteiger charge is -2.07. The first kappa shape index (κ1) is 12.2. The Hall–Kier alpha value is -1.92. The summed E-state index contributed by atoms with van der Waals surface area (Å²) in [6.45, 7) is 0. The fraction of sp³-hybridized carbons (Fsp3) is 0.222. The summed E-state index contributed by atoms with van der Waals surface area (Å²) in [6.07, 6.45) is -5.15. The quantitative estimate of drug-likeness (QED) is 0.804. The lowest BCUT2D eigenvalue weighted by Crippen LogP contribution is -2.12. The predicted octanol–water partition coefficient (Wildman–Crippen LogP) is 1.54. The fourth-order valence-electron chi connectivity index (χ4n) is 1.07. The number of carbonyl (C=O) groups excluding carboxylic acids is 1. The van der Waals surface area contributed by atoms with E-state index in [2.05, 4.69) is 4.98 Å². The highest BCUT2D eigenvalue weighted by Gasteiger charge is 2.33. The van der Waals surface area contributed by atoms with Gasteiger partial charge in [-0.15, -0.1) is 0 Å². The normalized spacial score (nSPS) is 11.2. The maximum absolute atomic E-state index is 12.3. The number of carboxylic acids is 1. The van der Waals surface area contributed by atoms with Gasteiger partial charge in [-0.25, -0.2) is 4.98 Å². The van der Waals surface area contributed by atoms with Crippen molar-refractivity contribution in [3.8, 4) is 0 Å². The second-order valence-corrected chi connectivity index (χ2v) is 2.96. The molecule has 1 aromatic heterocycles. The molecule has 0 aliphatic heterocycles. The smallest absolute Gasteiger partial charge is 0.433 e. The number of pyridine rings is 1. The summed E-state index contributed by atoms with van der Waals surface area (Å²) in [5, 5.41) is 8.41. The van der Waals surface area contributed by atoms with Crippen molar-refractivity contribution in [1.82, 2.24) is 4.98 Å². The van der Waals surface area contributed by atoms with Crippen LogP contribution in [0.1, 0.15) is 21.7 Å². The van der Waals surface area contributed by atoms with Gasteiger partial charge in [-0.1, -0.05) is 0 Å². The van der Waals surface area contributed by atoms with Crippen LogP contribution in [0.25, 0.3) is 0 Å². The zero-order valence-corrected chi connectivity index (χ0v) is 7.78. The zero-order valence-electron chi connectivity index (χ0n) is 7.78. The van der Waals surface area contributed by atoms with Gasteiger partial charge in [0.05, 0.1) is 12.1 Å². The number of aliphatic carboxylic acids is 1. The number of aldehydes is 1. The lowest BCUT2D eigenvalue weighted by molar-refractivity contribution is -0.142. The summed E-state index contributed by atoms with van der Waals surface area (Å²) >= 11 is 0. The van der Waals surface area contributed by atoms with E-state index in [0.717, 1.165) is 6.07 Å². The first-order valence-electron chi connectivity index (χ1n) is 4.08. The van der Waals surface area contributed by atoms with Crippen LogP contribution < -0.4 is 0 Å². The number of aromatic nitrogens is 1. The number of halogens is 3. The number of hydrogen-bond donors (Lipinski definition) is 1. The fourth-order valence-corrected chi connectivity index (χ4v) is 1.07. The second kappa shape index (κ2) is 4.30. The maximum atomic E-state index is 12.3. The molecule has 0 saturated heterocycles. The van der Waals surface area contributed by atoms with Crippen LogP contribution in [-0.2, 0) is 17.4 Å². The van der Waals surface area contributed by atoms with Gasteiger partial charge in [-0.2, -0.15) is 13.2 Å². The van der Waals surface area contributed by atoms with E-state index in [0.29, 0.717) is 6.07 Å². The summed E-state index contributed by atoms with van der Waals surface area (Å²) < 4.78 is 36.9. The molecule has 1 N–H and O–H groups in total. The maximum Gasteiger partial charge on any atom is 0.433 e. The van der Waals surface area contributed by atoms with Crippen LogP contribution in [0.5, 0.6) is 0 Å². The van der Waals surface area contributed by atoms with Gasteiger partial charge in [0.15, 0.2) is 0 Å². The number of hydrogen-bond acceptors (Lipinski definition) is 3. The summed E-state index contributed by atoms with van der Waals surface area (Å²) in [5.74, 6) is -1.32. The Morgan fingerprint density at radius 2 is 2.06 bits per heavy atom. The minimum Gasteiger partial charge on any atom is -0.481 e. The van der Waals surface area contributed by atoms with Crippen molar-refractivity contribution in [2.45, 2.75) is 12.6 Å². The molecule has 0 radical (unpaired) electrons. The second-order valence-electron chi connectivity index (χ2n) is 2.96. The number of nitrogens with zero attached hydrogens (tertiary/aromatic N) is 1. The van der Waals surface area contributed by atoms with E-state index in [1.165, 1.54) is 0 Å². The minimum atomic E-state index is -4.70. The number of carbonyl (C=O) groups is 2. The molecule has 0 fully saturated rings. The Balaban J connectivity index is 3.21. The predicted molar refractivity (Wildman–Crippen MR) is 46.0 cm³/mol. The van der Waals surface area contributed by atoms with Crippen LogP contribution in [0, 0.1) is 0 Å². The van der Waals surface area contributed by atoms with E-state index in [1.54, 1.807) is 0 Å². The highest BCUT2D eigenvalue weighted by atomic mass is 19.4. The van der Waals surface area contributed by atoms with E-state index in [9.17, 15) is 22.8 Å². The summed E-state index contributed by atoms with van der Waals surface area (Å²) in [4.78, 5) is 23.8. The van der Waals surface area contributed by atoms with Crippen molar-refractivity contribution < 1.29 is 27.9 Å². The Morgan fingerprint density at radius 3 is 2.50 bits per heavy atom. The van der Waals surface area contributed by atoms with E-state index in [-0.39, 0.29) is 17.5 Å². The molecule has 0 bridgehead atoms. The molecule has 1 aromatic rings. The van der Waals surface area contributed by atoms with Crippen molar-refractivity contribution in [3.05, 3.63) is 29.1 Å². The average molecular weight is 233 g/mol. The molecule has 16 heavy (non-hydrogen) atoms. The monoisotopic (exact) mass is 233 g/mol. The topological polar surface area (TPSA) is 67.3 Å². The highest BCUT2D eigenvalue weighted by molar-refractivity contribution is 5.76. The summed E-state index contributed by atoms with van der Waals surface area (Å²) in [5.41, 5.74) is -1.82. The van der Waals surface area contributed by atoms with E-state index in [4.69, 9.17) is 5.11 Å². The minimum absolute atomic E-state index is 0.211. The molecule has 0 spiro atoms. The number of rotatable bonds is 3. The van der Waals surface area contributed by atoms with Crippen molar-refractivity contribution >= 4 is 12.3 Å². The van der Waals surface area contributed by atoms with Gasteiger partial charge in [-0.3, -0.25) is 9.59 Å². The number of carboxylic acid groups (broad SMARTS) is 1. The molecule has 0 aliphatic rings. The van der Waals surface area contributed by atoms with Crippen LogP contribution in [0.15, 0.2) is 12.1 Å². The van der Waals surface area contributed by atoms with Crippen molar-refractivity contribution in [2.75, 3.05) is 0 Å². The molecule has 0 unspecified atom stereocenters. The van der Waals surface area contributed by atoms with Gasteiger partial charge < -0.3 is 5.11 Å². The molecule has 4 nitrogen and oxygen atoms in total. The molecule has 0 amide bonds. The Bertz CT molecular complexity index is 428. The third-order valence-electron chi connectivity index (χ3n) is 1.66. The Labute approximate surface area is 87.7 Å². The van der Waals surface area contributed by atoms with Crippen molar-refractivity contribution in [1.29, 1.82) is 0 Å². The number of alkyl halides is 3. The first-order chi connectivity index (χ1) is 7.32. The molecule has 0 aliphatic carbocycles.